The fraction of sp³-hybridized carbons (Fsp3) is 0.571. The van der Waals surface area contributed by atoms with E-state index in [-0.39, 0.29) is 18.0 Å². The lowest BCUT2D eigenvalue weighted by Gasteiger charge is -2.27. The molecule has 1 saturated heterocycles. The highest BCUT2D eigenvalue weighted by Gasteiger charge is 2.33. The van der Waals surface area contributed by atoms with Gasteiger partial charge in [0.15, 0.2) is 0 Å². The molecule has 2 rings (SSSR count). The van der Waals surface area contributed by atoms with Crippen molar-refractivity contribution in [3.63, 3.8) is 0 Å². The molecule has 0 amide bonds. The molecule has 3 unspecified atom stereocenters. The van der Waals surface area contributed by atoms with E-state index in [1.165, 1.54) is 6.07 Å². The van der Waals surface area contributed by atoms with Crippen molar-refractivity contribution in [2.45, 2.75) is 25.5 Å². The fourth-order valence-corrected chi connectivity index (χ4v) is 2.73. The molecule has 0 bridgehead atoms. The van der Waals surface area contributed by atoms with Crippen LogP contribution < -0.4 is 10.1 Å². The van der Waals surface area contributed by atoms with E-state index in [1.807, 2.05) is 7.05 Å². The number of hydrogen-bond donors (Lipinski definition) is 1. The number of ether oxygens (including phenoxy) is 2. The van der Waals surface area contributed by atoms with Crippen molar-refractivity contribution in [1.29, 1.82) is 0 Å². The van der Waals surface area contributed by atoms with Gasteiger partial charge in [-0.05, 0) is 38.6 Å². The molecule has 1 aliphatic rings. The molecular formula is C14H20FNO2. The zero-order chi connectivity index (χ0) is 13.1. The van der Waals surface area contributed by atoms with Crippen LogP contribution in [0.25, 0.3) is 0 Å². The molecule has 1 aliphatic heterocycles. The second-order valence-electron chi connectivity index (χ2n) is 4.68. The Bertz CT molecular complexity index is 411. The average Bonchev–Trinajstić information content (AvgIpc) is 2.77. The molecule has 0 spiro atoms. The Morgan fingerprint density at radius 3 is 2.83 bits per heavy atom. The van der Waals surface area contributed by atoms with Crippen molar-refractivity contribution < 1.29 is 13.9 Å². The number of methoxy groups -OCH3 is 1. The lowest BCUT2D eigenvalue weighted by Crippen LogP contribution is -2.29. The maximum atomic E-state index is 13.4. The fourth-order valence-electron chi connectivity index (χ4n) is 2.73. The Kier molecular flexibility index (Phi) is 4.19. The number of benzene rings is 1. The van der Waals surface area contributed by atoms with Gasteiger partial charge in [-0.25, -0.2) is 4.39 Å². The zero-order valence-corrected chi connectivity index (χ0v) is 11.1. The lowest BCUT2D eigenvalue weighted by atomic mass is 9.88. The Morgan fingerprint density at radius 1 is 1.50 bits per heavy atom. The summed E-state index contributed by atoms with van der Waals surface area (Å²) in [5, 5.41) is 3.27. The summed E-state index contributed by atoms with van der Waals surface area (Å²) < 4.78 is 24.4. The molecule has 100 valence electrons. The Morgan fingerprint density at radius 2 is 2.28 bits per heavy atom. The zero-order valence-electron chi connectivity index (χ0n) is 11.1. The molecule has 0 aliphatic carbocycles. The van der Waals surface area contributed by atoms with E-state index < -0.39 is 0 Å². The molecule has 1 aromatic carbocycles. The maximum Gasteiger partial charge on any atom is 0.123 e. The number of rotatable bonds is 4. The molecule has 0 saturated carbocycles. The van der Waals surface area contributed by atoms with Gasteiger partial charge in [0.1, 0.15) is 11.6 Å². The number of halogens is 1. The minimum atomic E-state index is -0.238. The van der Waals surface area contributed by atoms with Gasteiger partial charge in [0.25, 0.3) is 0 Å². The molecule has 1 N–H and O–H groups in total. The van der Waals surface area contributed by atoms with Crippen LogP contribution in [-0.2, 0) is 4.74 Å². The average molecular weight is 253 g/mol. The molecule has 4 heteroatoms. The van der Waals surface area contributed by atoms with E-state index in [1.54, 1.807) is 19.2 Å². The van der Waals surface area contributed by atoms with Crippen LogP contribution in [-0.4, -0.2) is 26.9 Å². The van der Waals surface area contributed by atoms with Crippen molar-refractivity contribution in [1.82, 2.24) is 5.32 Å². The smallest absolute Gasteiger partial charge is 0.123 e. The van der Waals surface area contributed by atoms with E-state index in [9.17, 15) is 4.39 Å². The van der Waals surface area contributed by atoms with Gasteiger partial charge in [-0.3, -0.25) is 0 Å². The molecule has 3 nitrogen and oxygen atoms in total. The topological polar surface area (TPSA) is 30.5 Å². The second-order valence-corrected chi connectivity index (χ2v) is 4.68. The van der Waals surface area contributed by atoms with Crippen LogP contribution >= 0.6 is 0 Å². The van der Waals surface area contributed by atoms with Crippen LogP contribution in [0.1, 0.15) is 24.9 Å². The second kappa shape index (κ2) is 5.67. The standard InChI is InChI=1S/C14H20FNO2/c1-9-11(6-7-18-9)14(16-2)12-8-10(15)4-5-13(12)17-3/h4-5,8-9,11,14,16H,6-7H2,1-3H3. The van der Waals surface area contributed by atoms with E-state index in [0.29, 0.717) is 5.92 Å². The maximum absolute atomic E-state index is 13.4. The Balaban J connectivity index is 2.34. The van der Waals surface area contributed by atoms with E-state index in [0.717, 1.165) is 24.3 Å². The van der Waals surface area contributed by atoms with E-state index in [2.05, 4.69) is 12.2 Å². The van der Waals surface area contributed by atoms with Gasteiger partial charge in [-0.2, -0.15) is 0 Å². The Labute approximate surface area is 107 Å². The first kappa shape index (κ1) is 13.3. The van der Waals surface area contributed by atoms with E-state index in [4.69, 9.17) is 9.47 Å². The summed E-state index contributed by atoms with van der Waals surface area (Å²) in [6.07, 6.45) is 1.15. The van der Waals surface area contributed by atoms with Gasteiger partial charge in [-0.1, -0.05) is 0 Å². The quantitative estimate of drug-likeness (QED) is 0.894. The van der Waals surface area contributed by atoms with Crippen LogP contribution in [0.15, 0.2) is 18.2 Å². The highest BCUT2D eigenvalue weighted by atomic mass is 19.1. The van der Waals surface area contributed by atoms with Gasteiger partial charge in [-0.15, -0.1) is 0 Å². The van der Waals surface area contributed by atoms with Gasteiger partial charge in [0, 0.05) is 24.1 Å². The van der Waals surface area contributed by atoms with Gasteiger partial charge < -0.3 is 14.8 Å². The largest absolute Gasteiger partial charge is 0.496 e. The summed E-state index contributed by atoms with van der Waals surface area (Å²) in [7, 11) is 3.50. The molecule has 1 aromatic rings. The predicted molar refractivity (Wildman–Crippen MR) is 68.3 cm³/mol. The third-order valence-electron chi connectivity index (χ3n) is 3.70. The number of hydrogen-bond acceptors (Lipinski definition) is 3. The van der Waals surface area contributed by atoms with Crippen LogP contribution in [0.3, 0.4) is 0 Å². The van der Waals surface area contributed by atoms with Crippen LogP contribution in [0.2, 0.25) is 0 Å². The van der Waals surface area contributed by atoms with Gasteiger partial charge in [0.2, 0.25) is 0 Å². The Hall–Kier alpha value is -1.13. The van der Waals surface area contributed by atoms with Gasteiger partial charge >= 0.3 is 0 Å². The highest BCUT2D eigenvalue weighted by molar-refractivity contribution is 5.37. The minimum absolute atomic E-state index is 0.0492. The molecule has 1 heterocycles. The van der Waals surface area contributed by atoms with Crippen molar-refractivity contribution in [2.24, 2.45) is 5.92 Å². The number of nitrogens with one attached hydrogen (secondary N) is 1. The third kappa shape index (κ3) is 2.49. The van der Waals surface area contributed by atoms with Crippen LogP contribution in [0, 0.1) is 11.7 Å². The summed E-state index contributed by atoms with van der Waals surface area (Å²) in [5.41, 5.74) is 0.863. The van der Waals surface area contributed by atoms with Crippen molar-refractivity contribution in [3.05, 3.63) is 29.6 Å². The van der Waals surface area contributed by atoms with Crippen LogP contribution in [0.4, 0.5) is 4.39 Å². The summed E-state index contributed by atoms with van der Waals surface area (Å²) in [5.74, 6) is 0.818. The van der Waals surface area contributed by atoms with Crippen molar-refractivity contribution in [2.75, 3.05) is 20.8 Å². The van der Waals surface area contributed by atoms with E-state index >= 15 is 0 Å². The molecule has 1 fully saturated rings. The minimum Gasteiger partial charge on any atom is -0.496 e. The SMILES string of the molecule is CNC(c1cc(F)ccc1OC)C1CCOC1C. The summed E-state index contributed by atoms with van der Waals surface area (Å²) >= 11 is 0. The highest BCUT2D eigenvalue weighted by Crippen LogP contribution is 2.37. The summed E-state index contributed by atoms with van der Waals surface area (Å²) in [6.45, 7) is 2.83. The van der Waals surface area contributed by atoms with Crippen molar-refractivity contribution >= 4 is 0 Å². The van der Waals surface area contributed by atoms with Crippen molar-refractivity contribution in [3.8, 4) is 5.75 Å². The first-order valence-electron chi connectivity index (χ1n) is 6.29. The van der Waals surface area contributed by atoms with Gasteiger partial charge in [0.05, 0.1) is 13.2 Å². The first-order valence-corrected chi connectivity index (χ1v) is 6.29. The normalized spacial score (nSPS) is 25.1. The molecule has 0 radical (unpaired) electrons. The predicted octanol–water partition coefficient (Wildman–Crippen LogP) is 2.52. The monoisotopic (exact) mass is 253 g/mol. The van der Waals surface area contributed by atoms with Crippen LogP contribution in [0.5, 0.6) is 5.75 Å². The molecule has 3 atom stereocenters. The lowest BCUT2D eigenvalue weighted by molar-refractivity contribution is 0.0959. The molecule has 0 aromatic heterocycles. The third-order valence-corrected chi connectivity index (χ3v) is 3.70. The first-order chi connectivity index (χ1) is 8.67. The molecule has 18 heavy (non-hydrogen) atoms. The summed E-state index contributed by atoms with van der Waals surface area (Å²) in [4.78, 5) is 0. The molecular weight excluding hydrogens is 233 g/mol. The summed E-state index contributed by atoms with van der Waals surface area (Å²) in [6, 6.07) is 4.69.